The fourth-order valence-corrected chi connectivity index (χ4v) is 3.64. The number of rotatable bonds is 6. The smallest absolute Gasteiger partial charge is 0.273 e. The van der Waals surface area contributed by atoms with Crippen LogP contribution in [0.25, 0.3) is 0 Å². The zero-order valence-corrected chi connectivity index (χ0v) is 18.4. The second-order valence-electron chi connectivity index (χ2n) is 6.12. The Morgan fingerprint density at radius 1 is 1.11 bits per heavy atom. The van der Waals surface area contributed by atoms with E-state index < -0.39 is 0 Å². The van der Waals surface area contributed by atoms with Crippen LogP contribution in [0.4, 0.5) is 0 Å². The highest BCUT2D eigenvalue weighted by Gasteiger charge is 2.24. The molecule has 0 radical (unpaired) electrons. The summed E-state index contributed by atoms with van der Waals surface area (Å²) < 4.78 is 10.7. The van der Waals surface area contributed by atoms with Crippen molar-refractivity contribution in [2.24, 2.45) is 5.73 Å². The summed E-state index contributed by atoms with van der Waals surface area (Å²) in [6, 6.07) is 5.90. The van der Waals surface area contributed by atoms with Crippen LogP contribution in [0.2, 0.25) is 0 Å². The lowest BCUT2D eigenvalue weighted by Crippen LogP contribution is -2.48. The van der Waals surface area contributed by atoms with E-state index in [-0.39, 0.29) is 30.7 Å². The fraction of sp³-hybridized carbons (Fsp3) is 0.444. The van der Waals surface area contributed by atoms with E-state index in [2.05, 4.69) is 9.88 Å². The van der Waals surface area contributed by atoms with Crippen LogP contribution in [0.1, 0.15) is 21.1 Å². The molecule has 0 saturated carbocycles. The molecule has 1 amide bonds. The number of benzene rings is 1. The van der Waals surface area contributed by atoms with Crippen molar-refractivity contribution < 1.29 is 14.3 Å². The number of piperazine rings is 1. The molecule has 2 aromatic rings. The summed E-state index contributed by atoms with van der Waals surface area (Å²) in [5, 5.41) is 2.58. The number of methoxy groups -OCH3 is 2. The van der Waals surface area contributed by atoms with Crippen LogP contribution in [0.3, 0.4) is 0 Å². The van der Waals surface area contributed by atoms with Gasteiger partial charge in [0.05, 0.1) is 14.2 Å². The summed E-state index contributed by atoms with van der Waals surface area (Å²) in [5.74, 6) is 1.56. The molecule has 0 bridgehead atoms. The molecule has 2 N–H and O–H groups in total. The Labute approximate surface area is 181 Å². The molecule has 156 valence electrons. The zero-order chi connectivity index (χ0) is 18.5. The van der Waals surface area contributed by atoms with Gasteiger partial charge in [-0.25, -0.2) is 4.98 Å². The highest BCUT2D eigenvalue weighted by molar-refractivity contribution is 7.09. The van der Waals surface area contributed by atoms with Crippen molar-refractivity contribution >= 4 is 42.1 Å². The molecule has 1 saturated heterocycles. The Kier molecular flexibility index (Phi) is 9.98. The van der Waals surface area contributed by atoms with Crippen molar-refractivity contribution in [2.75, 3.05) is 40.4 Å². The van der Waals surface area contributed by atoms with Gasteiger partial charge in [0, 0.05) is 50.7 Å². The summed E-state index contributed by atoms with van der Waals surface area (Å²) in [4.78, 5) is 21.0. The van der Waals surface area contributed by atoms with Crippen molar-refractivity contribution in [1.29, 1.82) is 0 Å². The Bertz CT molecular complexity index is 745. The number of thiazole rings is 1. The Balaban J connectivity index is 0.00000196. The molecule has 0 atom stereocenters. The average Bonchev–Trinajstić information content (AvgIpc) is 3.17. The molecule has 0 spiro atoms. The van der Waals surface area contributed by atoms with Crippen LogP contribution in [-0.2, 0) is 13.1 Å². The number of carbonyl (C=O) groups excluding carboxylic acids is 1. The van der Waals surface area contributed by atoms with Crippen LogP contribution in [0.5, 0.6) is 11.5 Å². The summed E-state index contributed by atoms with van der Waals surface area (Å²) in [5.41, 5.74) is 7.21. The first-order chi connectivity index (χ1) is 12.6. The number of halogens is 2. The predicted molar refractivity (Wildman–Crippen MR) is 115 cm³/mol. The largest absolute Gasteiger partial charge is 0.497 e. The minimum atomic E-state index is -0.0105. The van der Waals surface area contributed by atoms with E-state index in [0.29, 0.717) is 25.3 Å². The molecule has 7 nitrogen and oxygen atoms in total. The van der Waals surface area contributed by atoms with Crippen LogP contribution >= 0.6 is 36.2 Å². The van der Waals surface area contributed by atoms with Crippen molar-refractivity contribution in [3.63, 3.8) is 0 Å². The van der Waals surface area contributed by atoms with Gasteiger partial charge in [0.25, 0.3) is 5.91 Å². The van der Waals surface area contributed by atoms with Crippen molar-refractivity contribution in [1.82, 2.24) is 14.8 Å². The molecule has 1 aliphatic heterocycles. The van der Waals surface area contributed by atoms with Crippen molar-refractivity contribution in [2.45, 2.75) is 13.1 Å². The molecule has 1 aliphatic rings. The maximum Gasteiger partial charge on any atom is 0.273 e. The quantitative estimate of drug-likeness (QED) is 0.730. The SMILES string of the molecule is COc1cc(CN2CCN(C(=O)c3csc(CN)n3)CC2)cc(OC)c1.Cl.Cl. The first kappa shape index (κ1) is 24.5. The topological polar surface area (TPSA) is 80.9 Å². The van der Waals surface area contributed by atoms with E-state index in [9.17, 15) is 4.79 Å². The van der Waals surface area contributed by atoms with Gasteiger partial charge in [-0.3, -0.25) is 9.69 Å². The molecule has 3 rings (SSSR count). The van der Waals surface area contributed by atoms with Gasteiger partial charge < -0.3 is 20.1 Å². The van der Waals surface area contributed by atoms with E-state index >= 15 is 0 Å². The number of aromatic nitrogens is 1. The lowest BCUT2D eigenvalue weighted by Gasteiger charge is -2.34. The first-order valence-corrected chi connectivity index (χ1v) is 9.39. The standard InChI is InChI=1S/C18H24N4O3S.2ClH/c1-24-14-7-13(8-15(9-14)25-2)11-21-3-5-22(6-4-21)18(23)16-12-26-17(10-19)20-16;;/h7-9,12H,3-6,10-11,19H2,1-2H3;2*1H. The summed E-state index contributed by atoms with van der Waals surface area (Å²) in [7, 11) is 3.30. The molecule has 2 heterocycles. The first-order valence-electron chi connectivity index (χ1n) is 8.51. The molecular formula is C18H26Cl2N4O3S. The predicted octanol–water partition coefficient (Wildman–Crippen LogP) is 2.42. The molecule has 10 heteroatoms. The Morgan fingerprint density at radius 3 is 2.21 bits per heavy atom. The lowest BCUT2D eigenvalue weighted by atomic mass is 10.1. The van der Waals surface area contributed by atoms with Gasteiger partial charge in [0.15, 0.2) is 0 Å². The minimum absolute atomic E-state index is 0. The number of ether oxygens (including phenoxy) is 2. The van der Waals surface area contributed by atoms with E-state index in [1.54, 1.807) is 19.6 Å². The molecular weight excluding hydrogens is 423 g/mol. The van der Waals surface area contributed by atoms with Crippen molar-refractivity contribution in [3.8, 4) is 11.5 Å². The van der Waals surface area contributed by atoms with E-state index in [1.807, 2.05) is 23.1 Å². The number of amides is 1. The van der Waals surface area contributed by atoms with Gasteiger partial charge >= 0.3 is 0 Å². The molecule has 0 aliphatic carbocycles. The van der Waals surface area contributed by atoms with Gasteiger partial charge in [-0.15, -0.1) is 36.2 Å². The maximum absolute atomic E-state index is 12.5. The van der Waals surface area contributed by atoms with Gasteiger partial charge in [0.2, 0.25) is 0 Å². The summed E-state index contributed by atoms with van der Waals surface area (Å²) >= 11 is 1.43. The molecule has 28 heavy (non-hydrogen) atoms. The number of hydrogen-bond donors (Lipinski definition) is 1. The Hall–Kier alpha value is -1.58. The lowest BCUT2D eigenvalue weighted by molar-refractivity contribution is 0.0623. The van der Waals surface area contributed by atoms with E-state index in [0.717, 1.165) is 41.7 Å². The number of nitrogens with zero attached hydrogens (tertiary/aromatic N) is 3. The second kappa shape index (κ2) is 11.4. The van der Waals surface area contributed by atoms with E-state index in [1.165, 1.54) is 11.3 Å². The highest BCUT2D eigenvalue weighted by atomic mass is 35.5. The molecule has 1 aromatic carbocycles. The summed E-state index contributed by atoms with van der Waals surface area (Å²) in [6.45, 7) is 4.18. The third kappa shape index (κ3) is 5.96. The van der Waals surface area contributed by atoms with Crippen molar-refractivity contribution in [3.05, 3.63) is 39.8 Å². The van der Waals surface area contributed by atoms with Gasteiger partial charge in [-0.2, -0.15) is 0 Å². The highest BCUT2D eigenvalue weighted by Crippen LogP contribution is 2.24. The molecule has 1 aromatic heterocycles. The van der Waals surface area contributed by atoms with Gasteiger partial charge in [0.1, 0.15) is 22.2 Å². The van der Waals surface area contributed by atoms with Crippen LogP contribution in [0.15, 0.2) is 23.6 Å². The third-order valence-electron chi connectivity index (χ3n) is 4.42. The Morgan fingerprint density at radius 2 is 1.71 bits per heavy atom. The van der Waals surface area contributed by atoms with Crippen LogP contribution < -0.4 is 15.2 Å². The van der Waals surface area contributed by atoms with Crippen LogP contribution in [-0.4, -0.2) is 61.1 Å². The molecule has 0 unspecified atom stereocenters. The zero-order valence-electron chi connectivity index (χ0n) is 15.9. The van der Waals surface area contributed by atoms with Gasteiger partial charge in [-0.1, -0.05) is 0 Å². The fourth-order valence-electron chi connectivity index (χ4n) is 2.99. The number of carbonyl (C=O) groups is 1. The molecule has 1 fully saturated rings. The average molecular weight is 449 g/mol. The van der Waals surface area contributed by atoms with Crippen LogP contribution in [0, 0.1) is 0 Å². The minimum Gasteiger partial charge on any atom is -0.497 e. The second-order valence-corrected chi connectivity index (χ2v) is 7.06. The third-order valence-corrected chi connectivity index (χ3v) is 5.29. The van der Waals surface area contributed by atoms with Gasteiger partial charge in [-0.05, 0) is 17.7 Å². The monoisotopic (exact) mass is 448 g/mol. The van der Waals surface area contributed by atoms with E-state index in [4.69, 9.17) is 15.2 Å². The normalized spacial score (nSPS) is 14.0. The number of nitrogens with two attached hydrogens (primary N) is 1. The maximum atomic E-state index is 12.5. The summed E-state index contributed by atoms with van der Waals surface area (Å²) in [6.07, 6.45) is 0. The number of hydrogen-bond acceptors (Lipinski definition) is 7.